The van der Waals surface area contributed by atoms with Crippen LogP contribution in [0.5, 0.6) is 0 Å². The van der Waals surface area contributed by atoms with Crippen LogP contribution in [0, 0.1) is 0 Å². The van der Waals surface area contributed by atoms with E-state index in [0.29, 0.717) is 0 Å². The minimum absolute atomic E-state index is 0.0431. The molecular formula is C30H46N2O6Sn. The van der Waals surface area contributed by atoms with Gasteiger partial charge in [0.1, 0.15) is 0 Å². The van der Waals surface area contributed by atoms with Crippen LogP contribution in [0.25, 0.3) is 0 Å². The number of hydrogen-bond donors (Lipinski definition) is 0. The van der Waals surface area contributed by atoms with Crippen LogP contribution < -0.4 is 0 Å². The van der Waals surface area contributed by atoms with E-state index in [1.807, 2.05) is 41.5 Å². The second-order valence-electron chi connectivity index (χ2n) is 11.2. The summed E-state index contributed by atoms with van der Waals surface area (Å²) >= 11 is -4.75. The van der Waals surface area contributed by atoms with Gasteiger partial charge in [0.05, 0.1) is 0 Å². The zero-order valence-corrected chi connectivity index (χ0v) is 27.5. The average molecular weight is 649 g/mol. The number of amides is 2. The van der Waals surface area contributed by atoms with Gasteiger partial charge in [0, 0.05) is 0 Å². The third-order valence-corrected chi connectivity index (χ3v) is 20.0. The van der Waals surface area contributed by atoms with Gasteiger partial charge >= 0.3 is 240 Å². The van der Waals surface area contributed by atoms with Crippen molar-refractivity contribution in [2.24, 2.45) is 0 Å². The van der Waals surface area contributed by atoms with Crippen LogP contribution in [-0.2, 0) is 25.3 Å². The van der Waals surface area contributed by atoms with Gasteiger partial charge in [-0.3, -0.25) is 0 Å². The molecule has 0 rings (SSSR count). The number of rotatable bonds is 16. The van der Waals surface area contributed by atoms with Crippen molar-refractivity contribution < 1.29 is 25.3 Å². The number of nitrogens with zero attached hydrogens (tertiary/aromatic N) is 2. The van der Waals surface area contributed by atoms with Crippen LogP contribution in [0.4, 0.5) is 0 Å². The molecule has 2 amide bonds. The maximum absolute atomic E-state index is 13.2. The van der Waals surface area contributed by atoms with Gasteiger partial charge in [-0.15, -0.1) is 0 Å². The molecule has 8 nitrogen and oxygen atoms in total. The van der Waals surface area contributed by atoms with Crippen LogP contribution in [0.2, 0.25) is 6.86 Å². The topological polar surface area (TPSA) is 93.2 Å². The summed E-state index contributed by atoms with van der Waals surface area (Å²) in [5, 5.41) is 0. The Morgan fingerprint density at radius 3 is 1.08 bits per heavy atom. The van der Waals surface area contributed by atoms with Crippen molar-refractivity contribution in [1.82, 2.24) is 9.80 Å². The Balaban J connectivity index is 6.00. The van der Waals surface area contributed by atoms with E-state index in [1.54, 1.807) is 24.3 Å². The molecule has 0 atom stereocenters. The third kappa shape index (κ3) is 10.3. The Labute approximate surface area is 239 Å². The van der Waals surface area contributed by atoms with Crippen LogP contribution in [0.3, 0.4) is 0 Å². The van der Waals surface area contributed by atoms with E-state index in [9.17, 15) is 19.2 Å². The summed E-state index contributed by atoms with van der Waals surface area (Å²) in [7, 11) is 0. The van der Waals surface area contributed by atoms with E-state index in [1.165, 1.54) is 9.80 Å². The van der Waals surface area contributed by atoms with Gasteiger partial charge in [-0.1, -0.05) is 0 Å². The van der Waals surface area contributed by atoms with Crippen molar-refractivity contribution in [3.8, 4) is 0 Å². The summed E-state index contributed by atoms with van der Waals surface area (Å²) in [5.41, 5.74) is 0.0862. The third-order valence-electron chi connectivity index (χ3n) is 5.78. The van der Waals surface area contributed by atoms with Crippen LogP contribution in [0.15, 0.2) is 74.9 Å². The summed E-state index contributed by atoms with van der Waals surface area (Å²) in [6, 6.07) is 0. The zero-order chi connectivity index (χ0) is 30.6. The molecule has 0 fully saturated rings. The molecule has 0 heterocycles. The van der Waals surface area contributed by atoms with Crippen molar-refractivity contribution >= 4 is 43.0 Å². The first-order valence-electron chi connectivity index (χ1n) is 12.7. The molecule has 0 saturated heterocycles. The van der Waals surface area contributed by atoms with Crippen LogP contribution in [-0.4, -0.2) is 78.9 Å². The maximum atomic E-state index is 13.2. The molecule has 0 aliphatic heterocycles. The Bertz CT molecular complexity index is 900. The predicted octanol–water partition coefficient (Wildman–Crippen LogP) is 5.41. The molecule has 0 aliphatic carbocycles. The van der Waals surface area contributed by atoms with Gasteiger partial charge < -0.3 is 0 Å². The van der Waals surface area contributed by atoms with Crippen molar-refractivity contribution in [3.05, 3.63) is 74.9 Å². The molecule has 39 heavy (non-hydrogen) atoms. The molecule has 0 N–H and O–H groups in total. The standard InChI is InChI=1S/2C11H15NO3.2C4H9.Sn/c2*1-4-6-12(7-5-2)11(15)9(3)8-10(13)14;2*1-4(2)3;/h2*4-5H,1-3,6-8H2,(H,13,14);2*1-3H3;/q;;;;+2/p-2. The molecule has 0 aliphatic rings. The van der Waals surface area contributed by atoms with Crippen LogP contribution in [0.1, 0.15) is 54.4 Å². The predicted molar refractivity (Wildman–Crippen MR) is 159 cm³/mol. The molecule has 0 aromatic rings. The Kier molecular flexibility index (Phi) is 14.5. The number of carbonyl (C=O) groups is 4. The van der Waals surface area contributed by atoms with E-state index >= 15 is 0 Å². The molecular weight excluding hydrogens is 603 g/mol. The summed E-state index contributed by atoms with van der Waals surface area (Å²) in [6.45, 7) is 34.4. The summed E-state index contributed by atoms with van der Waals surface area (Å²) in [6.07, 6.45) is 5.55. The first-order valence-corrected chi connectivity index (χ1v) is 17.9. The monoisotopic (exact) mass is 650 g/mol. The average Bonchev–Trinajstić information content (AvgIpc) is 2.80. The van der Waals surface area contributed by atoms with E-state index < -0.39 is 49.8 Å². The van der Waals surface area contributed by atoms with E-state index in [4.69, 9.17) is 6.15 Å². The summed E-state index contributed by atoms with van der Waals surface area (Å²) < 4.78 is 10.9. The molecule has 216 valence electrons. The van der Waals surface area contributed by atoms with Gasteiger partial charge in [-0.2, -0.15) is 0 Å². The normalized spacial score (nSPS) is 11.4. The van der Waals surface area contributed by atoms with E-state index in [-0.39, 0.29) is 50.2 Å². The van der Waals surface area contributed by atoms with Gasteiger partial charge in [0.2, 0.25) is 0 Å². The fourth-order valence-electron chi connectivity index (χ4n) is 4.20. The fraction of sp³-hybridized carbons (Fsp3) is 0.467. The molecule has 9 heteroatoms. The van der Waals surface area contributed by atoms with Crippen molar-refractivity contribution in [3.63, 3.8) is 0 Å². The Morgan fingerprint density at radius 1 is 0.615 bits per heavy atom. The van der Waals surface area contributed by atoms with Crippen LogP contribution >= 0.6 is 0 Å². The molecule has 0 saturated carbocycles. The molecule has 0 radical (unpaired) electrons. The first kappa shape index (κ1) is 36.1. The Morgan fingerprint density at radius 2 is 0.872 bits per heavy atom. The quantitative estimate of drug-likeness (QED) is 0.126. The summed E-state index contributed by atoms with van der Waals surface area (Å²) in [4.78, 5) is 55.0. The molecule has 0 aromatic carbocycles. The number of carbonyl (C=O) groups excluding carboxylic acids is 4. The second-order valence-corrected chi connectivity index (χ2v) is 24.4. The van der Waals surface area contributed by atoms with Crippen molar-refractivity contribution in [2.75, 3.05) is 26.2 Å². The van der Waals surface area contributed by atoms with Gasteiger partial charge in [0.15, 0.2) is 0 Å². The summed E-state index contributed by atoms with van der Waals surface area (Å²) in [5.74, 6) is -2.24. The molecule has 0 bridgehead atoms. The van der Waals surface area contributed by atoms with Crippen molar-refractivity contribution in [1.29, 1.82) is 0 Å². The first-order chi connectivity index (χ1) is 17.9. The molecule has 0 spiro atoms. The zero-order valence-electron chi connectivity index (χ0n) is 24.6. The minimum atomic E-state index is -4.75. The van der Waals surface area contributed by atoms with Gasteiger partial charge in [-0.25, -0.2) is 0 Å². The second kappa shape index (κ2) is 15.6. The van der Waals surface area contributed by atoms with Crippen molar-refractivity contribution in [2.45, 2.75) is 61.2 Å². The van der Waals surface area contributed by atoms with E-state index in [2.05, 4.69) is 39.5 Å². The SMILES string of the molecule is C=CCN(CC=C)C(=O)C(=C)CC(=O)[O][Sn]([O]C(=O)CC(=C)C(=O)N(CC=C)CC=C)([C](C)(C)C)[C](C)(C)C. The number of hydrogen-bond acceptors (Lipinski definition) is 6. The molecule has 0 aromatic heterocycles. The van der Waals surface area contributed by atoms with Gasteiger partial charge in [-0.05, 0) is 0 Å². The van der Waals surface area contributed by atoms with E-state index in [0.717, 1.165) is 0 Å². The molecule has 0 unspecified atom stereocenters. The Hall–Kier alpha value is -2.88. The fourth-order valence-corrected chi connectivity index (χ4v) is 16.5. The van der Waals surface area contributed by atoms with Gasteiger partial charge in [0.25, 0.3) is 0 Å².